The maximum atomic E-state index is 11.4. The van der Waals surface area contributed by atoms with Crippen LogP contribution in [-0.4, -0.2) is 47.6 Å². The summed E-state index contributed by atoms with van der Waals surface area (Å²) in [7, 11) is 22.1. The van der Waals surface area contributed by atoms with Crippen LogP contribution in [0.4, 0.5) is 0 Å². The van der Waals surface area contributed by atoms with E-state index in [4.69, 9.17) is 38.5 Å². The lowest BCUT2D eigenvalue weighted by atomic mass is 9.69. The van der Waals surface area contributed by atoms with Gasteiger partial charge in [0, 0.05) is 43.9 Å². The lowest BCUT2D eigenvalue weighted by Gasteiger charge is -2.23. The Hall–Kier alpha value is -9.25. The van der Waals surface area contributed by atoms with E-state index in [0.717, 1.165) is 93.5 Å². The van der Waals surface area contributed by atoms with Gasteiger partial charge < -0.3 is 9.13 Å². The quantitative estimate of drug-likeness (QED) is 0.149. The summed E-state index contributed by atoms with van der Waals surface area (Å²) < 4.78 is 4.38. The predicted octanol–water partition coefficient (Wildman–Crippen LogP) is 11.8. The Labute approximate surface area is 413 Å². The summed E-state index contributed by atoms with van der Waals surface area (Å²) in [5.74, 6) is 0.989. The summed E-state index contributed by atoms with van der Waals surface area (Å²) in [6.45, 7) is 0. The predicted molar refractivity (Wildman–Crippen MR) is 294 cm³/mol. The summed E-state index contributed by atoms with van der Waals surface area (Å²) in [5.41, 5.74) is 11.4. The number of aromatic nitrogens is 5. The van der Waals surface area contributed by atoms with E-state index in [9.17, 15) is 5.26 Å². The topological polar surface area (TPSA) is 72.3 Å². The lowest BCUT2D eigenvalue weighted by Crippen LogP contribution is -2.39. The van der Waals surface area contributed by atoms with Crippen LogP contribution in [0.5, 0.6) is 0 Å². The zero-order chi connectivity index (χ0) is 47.7. The average molecular weight is 896 g/mol. The van der Waals surface area contributed by atoms with Gasteiger partial charge in [-0.1, -0.05) is 198 Å². The van der Waals surface area contributed by atoms with Crippen LogP contribution in [-0.2, 0) is 0 Å². The van der Waals surface area contributed by atoms with Gasteiger partial charge >= 0.3 is 0 Å². The second-order valence-corrected chi connectivity index (χ2v) is 17.7. The molecule has 0 aliphatic rings. The Morgan fingerprint density at radius 2 is 0.915 bits per heavy atom. The van der Waals surface area contributed by atoms with Crippen LogP contribution < -0.4 is 16.4 Å². The Kier molecular flexibility index (Phi) is 9.89. The molecule has 3 heterocycles. The molecule has 6 radical (unpaired) electrons. The molecule has 0 fully saturated rings. The third-order valence-electron chi connectivity index (χ3n) is 13.8. The van der Waals surface area contributed by atoms with E-state index in [0.29, 0.717) is 17.3 Å². The molecule has 13 rings (SSSR count). The van der Waals surface area contributed by atoms with E-state index in [1.807, 2.05) is 91.0 Å². The maximum absolute atomic E-state index is 11.4. The molecule has 6 nitrogen and oxygen atoms in total. The monoisotopic (exact) mass is 896 g/mol. The van der Waals surface area contributed by atoms with Gasteiger partial charge in [0.05, 0.1) is 33.3 Å². The van der Waals surface area contributed by atoms with Crippen molar-refractivity contribution < 1.29 is 0 Å². The van der Waals surface area contributed by atoms with Gasteiger partial charge in [-0.2, -0.15) is 5.26 Å². The van der Waals surface area contributed by atoms with E-state index in [1.54, 1.807) is 0 Å². The second kappa shape index (κ2) is 16.8. The van der Waals surface area contributed by atoms with Crippen molar-refractivity contribution in [2.24, 2.45) is 0 Å². The molecule has 0 aliphatic heterocycles. The fourth-order valence-electron chi connectivity index (χ4n) is 10.5. The van der Waals surface area contributed by atoms with Crippen molar-refractivity contribution in [2.75, 3.05) is 0 Å². The Balaban J connectivity index is 1.09. The normalized spacial score (nSPS) is 11.5. The summed E-state index contributed by atoms with van der Waals surface area (Å²) >= 11 is 0. The number of nitriles is 1. The highest BCUT2D eigenvalue weighted by Crippen LogP contribution is 2.43. The first-order valence-corrected chi connectivity index (χ1v) is 23.4. The minimum Gasteiger partial charge on any atom is -0.309 e. The van der Waals surface area contributed by atoms with Gasteiger partial charge in [0.15, 0.2) is 17.5 Å². The molecule has 10 aromatic carbocycles. The molecule has 0 spiro atoms. The SMILES string of the molecule is [B]c1c([B])c(-n2c3ccccc3c3ccc4c(c5ccccc5n4-c4ccc5ccccc5c4)c32)c(C#N)c([B])c1-c1nc(-c2ccccc2-c2ccccc2)nc(-c2ccccc2-c2ccccc2)n1. The Morgan fingerprint density at radius 3 is 1.55 bits per heavy atom. The van der Waals surface area contributed by atoms with Gasteiger partial charge in [-0.25, -0.2) is 15.0 Å². The highest BCUT2D eigenvalue weighted by molar-refractivity contribution is 6.56. The number of nitrogens with zero attached hydrogens (tertiary/aromatic N) is 6. The van der Waals surface area contributed by atoms with Crippen molar-refractivity contribution >= 4 is 94.3 Å². The first kappa shape index (κ1) is 41.9. The molecule has 0 saturated heterocycles. The van der Waals surface area contributed by atoms with Crippen molar-refractivity contribution in [3.63, 3.8) is 0 Å². The first-order chi connectivity index (χ1) is 35.0. The van der Waals surface area contributed by atoms with Gasteiger partial charge in [0.25, 0.3) is 0 Å². The molecule has 13 aromatic rings. The summed E-state index contributed by atoms with van der Waals surface area (Å²) in [6, 6.07) is 74.6. The van der Waals surface area contributed by atoms with Gasteiger partial charge in [-0.3, -0.25) is 0 Å². The smallest absolute Gasteiger partial charge is 0.164 e. The largest absolute Gasteiger partial charge is 0.309 e. The molecule has 322 valence electrons. The van der Waals surface area contributed by atoms with Gasteiger partial charge in [-0.05, 0) is 63.4 Å². The van der Waals surface area contributed by atoms with Gasteiger partial charge in [0.2, 0.25) is 0 Å². The third kappa shape index (κ3) is 6.64. The second-order valence-electron chi connectivity index (χ2n) is 17.7. The molecule has 0 amide bonds. The van der Waals surface area contributed by atoms with Crippen LogP contribution in [0, 0.1) is 11.3 Å². The minimum absolute atomic E-state index is 0.0988. The number of hydrogen-bond acceptors (Lipinski definition) is 4. The van der Waals surface area contributed by atoms with Gasteiger partial charge in [0.1, 0.15) is 29.6 Å². The van der Waals surface area contributed by atoms with E-state index in [2.05, 4.69) is 137 Å². The molecule has 0 atom stereocenters. The van der Waals surface area contributed by atoms with E-state index < -0.39 is 0 Å². The van der Waals surface area contributed by atoms with Crippen molar-refractivity contribution in [1.82, 2.24) is 24.1 Å². The molecular formula is C62H35B3N6. The van der Waals surface area contributed by atoms with Crippen LogP contribution >= 0.6 is 0 Å². The van der Waals surface area contributed by atoms with Crippen LogP contribution in [0.3, 0.4) is 0 Å². The zero-order valence-electron chi connectivity index (χ0n) is 38.1. The maximum Gasteiger partial charge on any atom is 0.164 e. The molecule has 0 saturated carbocycles. The highest BCUT2D eigenvalue weighted by atomic mass is 15.0. The fraction of sp³-hybridized carbons (Fsp3) is 0. The molecule has 3 aromatic heterocycles. The number of hydrogen-bond donors (Lipinski definition) is 0. The van der Waals surface area contributed by atoms with Crippen LogP contribution in [0.25, 0.3) is 122 Å². The number of para-hydroxylation sites is 2. The molecule has 0 bridgehead atoms. The molecule has 0 N–H and O–H groups in total. The lowest BCUT2D eigenvalue weighted by molar-refractivity contribution is 1.08. The fourth-order valence-corrected chi connectivity index (χ4v) is 10.5. The number of fused-ring (bicyclic) bond motifs is 8. The molecular weight excluding hydrogens is 861 g/mol. The van der Waals surface area contributed by atoms with Crippen LogP contribution in [0.1, 0.15) is 5.56 Å². The van der Waals surface area contributed by atoms with Crippen molar-refractivity contribution in [2.45, 2.75) is 0 Å². The third-order valence-corrected chi connectivity index (χ3v) is 13.8. The van der Waals surface area contributed by atoms with Crippen LogP contribution in [0.15, 0.2) is 212 Å². The summed E-state index contributed by atoms with van der Waals surface area (Å²) in [5, 5.41) is 17.8. The highest BCUT2D eigenvalue weighted by Gasteiger charge is 2.27. The number of benzene rings is 10. The molecule has 71 heavy (non-hydrogen) atoms. The molecule has 0 unspecified atom stereocenters. The minimum atomic E-state index is 0.0988. The summed E-state index contributed by atoms with van der Waals surface area (Å²) in [4.78, 5) is 15.6. The van der Waals surface area contributed by atoms with Crippen LogP contribution in [0.2, 0.25) is 0 Å². The Morgan fingerprint density at radius 1 is 0.394 bits per heavy atom. The standard InChI is InChI=1S/C62H35B3N6/c63-55-49(36-66)59(71-50-29-15-13-25-44(50)45-33-34-52-53(58(45)71)48-28-14-16-30-51(48)70(52)41-32-31-37-17-7-8-22-40(37)35-41)57(65)56(64)54(55)62-68-60(46-26-11-9-23-42(46)38-18-3-1-4-19-38)67-61(69-62)47-27-12-10-24-43(47)39-20-5-2-6-21-39/h1-35H. The first-order valence-electron chi connectivity index (χ1n) is 23.4. The van der Waals surface area contributed by atoms with E-state index >= 15 is 0 Å². The van der Waals surface area contributed by atoms with Crippen molar-refractivity contribution in [1.29, 1.82) is 5.26 Å². The van der Waals surface area contributed by atoms with E-state index in [-0.39, 0.29) is 33.3 Å². The molecule has 0 aliphatic carbocycles. The summed E-state index contributed by atoms with van der Waals surface area (Å²) in [6.07, 6.45) is 0. The van der Waals surface area contributed by atoms with E-state index in [1.165, 1.54) is 0 Å². The average Bonchev–Trinajstić information content (AvgIpc) is 3.95. The number of rotatable bonds is 7. The van der Waals surface area contributed by atoms with Crippen molar-refractivity contribution in [3.05, 3.63) is 218 Å². The Bertz CT molecular complexity index is 4240. The molecule has 9 heteroatoms. The zero-order valence-corrected chi connectivity index (χ0v) is 38.1. The van der Waals surface area contributed by atoms with Gasteiger partial charge in [-0.15, -0.1) is 0 Å². The van der Waals surface area contributed by atoms with Crippen molar-refractivity contribution in [3.8, 4) is 73.9 Å².